The fraction of sp³-hybridized carbons (Fsp3) is 0.545. The van der Waals surface area contributed by atoms with E-state index in [1.165, 1.54) is 13.0 Å². The molecule has 5 nitrogen and oxygen atoms in total. The first-order valence-corrected chi connectivity index (χ1v) is 4.94. The lowest BCUT2D eigenvalue weighted by Crippen LogP contribution is -2.00. The number of hydrogen-bond donors (Lipinski definition) is 1. The molecule has 0 aliphatic carbocycles. The van der Waals surface area contributed by atoms with Gasteiger partial charge in [-0.2, -0.15) is 0 Å². The van der Waals surface area contributed by atoms with Gasteiger partial charge in [-0.15, -0.1) is 0 Å². The Morgan fingerprint density at radius 1 is 1.38 bits per heavy atom. The zero-order valence-corrected chi connectivity index (χ0v) is 9.69. The Morgan fingerprint density at radius 3 is 2.19 bits per heavy atom. The highest BCUT2D eigenvalue weighted by molar-refractivity contribution is 5.93. The summed E-state index contributed by atoms with van der Waals surface area (Å²) in [7, 11) is 0. The topological polar surface area (TPSA) is 80.7 Å². The van der Waals surface area contributed by atoms with Crippen molar-refractivity contribution in [1.29, 1.82) is 0 Å². The first kappa shape index (κ1) is 16.8. The lowest BCUT2D eigenvalue weighted by Gasteiger charge is -1.97. The third-order valence-corrected chi connectivity index (χ3v) is 1.31. The number of hydrogen-bond acceptors (Lipinski definition) is 4. The van der Waals surface area contributed by atoms with Crippen LogP contribution in [0.15, 0.2) is 12.7 Å². The normalized spacial score (nSPS) is 8.38. The summed E-state index contributed by atoms with van der Waals surface area (Å²) in [6.07, 6.45) is 2.79. The van der Waals surface area contributed by atoms with Crippen LogP contribution in [0.1, 0.15) is 33.1 Å². The molecule has 0 aliphatic heterocycles. The summed E-state index contributed by atoms with van der Waals surface area (Å²) in [5.41, 5.74) is 0. The number of rotatable bonds is 6. The Labute approximate surface area is 95.1 Å². The monoisotopic (exact) mass is 230 g/mol. The molecule has 16 heavy (non-hydrogen) atoms. The molecule has 0 rings (SSSR count). The molecule has 0 spiro atoms. The van der Waals surface area contributed by atoms with Crippen LogP contribution in [0.5, 0.6) is 0 Å². The number of carbonyl (C=O) groups excluding carboxylic acids is 2. The van der Waals surface area contributed by atoms with Crippen molar-refractivity contribution in [1.82, 2.24) is 0 Å². The summed E-state index contributed by atoms with van der Waals surface area (Å²) in [6.45, 7) is 7.07. The van der Waals surface area contributed by atoms with E-state index in [1.54, 1.807) is 0 Å². The maximum atomic E-state index is 10.3. The zero-order valence-electron chi connectivity index (χ0n) is 9.69. The standard InChI is InChI=1S/C7H12O2.C4H6O3/c1-3-5-6-9-7(8)4-2;1-3(5)2-4(6)7/h4H,2-3,5-6H2,1H3;2H2,1H3,(H,6,7). The van der Waals surface area contributed by atoms with Gasteiger partial charge in [0.1, 0.15) is 12.2 Å². The van der Waals surface area contributed by atoms with Crippen LogP contribution in [0.25, 0.3) is 0 Å². The van der Waals surface area contributed by atoms with Gasteiger partial charge in [-0.05, 0) is 13.3 Å². The lowest BCUT2D eigenvalue weighted by molar-refractivity contribution is -0.140. The van der Waals surface area contributed by atoms with Crippen LogP contribution in [0.3, 0.4) is 0 Å². The average molecular weight is 230 g/mol. The number of ether oxygens (including phenoxy) is 1. The molecule has 0 aromatic heterocycles. The van der Waals surface area contributed by atoms with Gasteiger partial charge < -0.3 is 9.84 Å². The number of carboxylic acid groups (broad SMARTS) is 1. The molecule has 0 atom stereocenters. The number of carbonyl (C=O) groups is 3. The van der Waals surface area contributed by atoms with Crippen LogP contribution in [0.2, 0.25) is 0 Å². The van der Waals surface area contributed by atoms with Gasteiger partial charge >= 0.3 is 11.9 Å². The Balaban J connectivity index is 0. The maximum absolute atomic E-state index is 10.3. The molecule has 0 aliphatic rings. The van der Waals surface area contributed by atoms with E-state index in [-0.39, 0.29) is 18.2 Å². The van der Waals surface area contributed by atoms with Crippen LogP contribution < -0.4 is 0 Å². The molecular formula is C11H18O5. The average Bonchev–Trinajstić information content (AvgIpc) is 2.16. The van der Waals surface area contributed by atoms with Gasteiger partial charge in [0.15, 0.2) is 0 Å². The van der Waals surface area contributed by atoms with Crippen molar-refractivity contribution in [2.45, 2.75) is 33.1 Å². The minimum atomic E-state index is -1.06. The van der Waals surface area contributed by atoms with E-state index in [9.17, 15) is 14.4 Å². The van der Waals surface area contributed by atoms with Gasteiger partial charge in [0, 0.05) is 6.08 Å². The molecule has 0 aromatic rings. The zero-order chi connectivity index (χ0) is 13.0. The molecule has 92 valence electrons. The van der Waals surface area contributed by atoms with Gasteiger partial charge in [0.05, 0.1) is 6.61 Å². The van der Waals surface area contributed by atoms with Crippen molar-refractivity contribution < 1.29 is 24.2 Å². The lowest BCUT2D eigenvalue weighted by atomic mass is 10.3. The SMILES string of the molecule is C=CC(=O)OCCCC.CC(=O)CC(=O)O. The first-order chi connectivity index (χ1) is 7.43. The van der Waals surface area contributed by atoms with E-state index < -0.39 is 5.97 Å². The summed E-state index contributed by atoms with van der Waals surface area (Å²) in [6, 6.07) is 0. The van der Waals surface area contributed by atoms with Gasteiger partial charge in [0.25, 0.3) is 0 Å². The summed E-state index contributed by atoms with van der Waals surface area (Å²) in [5.74, 6) is -1.71. The number of esters is 1. The van der Waals surface area contributed by atoms with E-state index in [1.807, 2.05) is 6.92 Å². The summed E-state index contributed by atoms with van der Waals surface area (Å²) >= 11 is 0. The highest BCUT2D eigenvalue weighted by Gasteiger charge is 1.98. The predicted octanol–water partition coefficient (Wildman–Crippen LogP) is 1.57. The molecule has 0 bridgehead atoms. The summed E-state index contributed by atoms with van der Waals surface area (Å²) < 4.78 is 4.67. The fourth-order valence-electron chi connectivity index (χ4n) is 0.589. The van der Waals surface area contributed by atoms with E-state index in [0.717, 1.165) is 12.8 Å². The number of aliphatic carboxylic acids is 1. The molecular weight excluding hydrogens is 212 g/mol. The van der Waals surface area contributed by atoms with Crippen LogP contribution in [-0.4, -0.2) is 29.4 Å². The van der Waals surface area contributed by atoms with E-state index >= 15 is 0 Å². The van der Waals surface area contributed by atoms with E-state index in [4.69, 9.17) is 5.11 Å². The van der Waals surface area contributed by atoms with Crippen LogP contribution in [-0.2, 0) is 19.1 Å². The van der Waals surface area contributed by atoms with E-state index in [2.05, 4.69) is 11.3 Å². The number of carboxylic acids is 1. The first-order valence-electron chi connectivity index (χ1n) is 4.94. The van der Waals surface area contributed by atoms with Gasteiger partial charge in [-0.25, -0.2) is 4.79 Å². The van der Waals surface area contributed by atoms with Gasteiger partial charge in [-0.1, -0.05) is 19.9 Å². The van der Waals surface area contributed by atoms with Crippen molar-refractivity contribution in [3.8, 4) is 0 Å². The highest BCUT2D eigenvalue weighted by atomic mass is 16.5. The summed E-state index contributed by atoms with van der Waals surface area (Å²) in [5, 5.41) is 7.86. The van der Waals surface area contributed by atoms with Crippen molar-refractivity contribution in [2.24, 2.45) is 0 Å². The second kappa shape index (κ2) is 11.4. The highest BCUT2D eigenvalue weighted by Crippen LogP contribution is 1.88. The molecule has 0 saturated heterocycles. The second-order valence-corrected chi connectivity index (χ2v) is 3.00. The van der Waals surface area contributed by atoms with Crippen molar-refractivity contribution in [3.63, 3.8) is 0 Å². The molecule has 0 amide bonds. The van der Waals surface area contributed by atoms with Crippen molar-refractivity contribution in [2.75, 3.05) is 6.61 Å². The minimum Gasteiger partial charge on any atom is -0.481 e. The van der Waals surface area contributed by atoms with Crippen molar-refractivity contribution in [3.05, 3.63) is 12.7 Å². The fourth-order valence-corrected chi connectivity index (χ4v) is 0.589. The smallest absolute Gasteiger partial charge is 0.330 e. The number of ketones is 1. The Morgan fingerprint density at radius 2 is 1.94 bits per heavy atom. The second-order valence-electron chi connectivity index (χ2n) is 3.00. The van der Waals surface area contributed by atoms with E-state index in [0.29, 0.717) is 6.61 Å². The minimum absolute atomic E-state index is 0.312. The van der Waals surface area contributed by atoms with Gasteiger partial charge in [0.2, 0.25) is 0 Å². The van der Waals surface area contributed by atoms with Gasteiger partial charge in [-0.3, -0.25) is 9.59 Å². The molecule has 0 aromatic carbocycles. The van der Waals surface area contributed by atoms with Crippen LogP contribution in [0, 0.1) is 0 Å². The molecule has 1 N–H and O–H groups in total. The molecule has 0 fully saturated rings. The van der Waals surface area contributed by atoms with Crippen molar-refractivity contribution >= 4 is 17.7 Å². The maximum Gasteiger partial charge on any atom is 0.330 e. The third-order valence-electron chi connectivity index (χ3n) is 1.31. The molecule has 5 heteroatoms. The Bertz CT molecular complexity index is 233. The van der Waals surface area contributed by atoms with Crippen LogP contribution >= 0.6 is 0 Å². The number of Topliss-reactive ketones (excluding diaryl/α,β-unsaturated/α-hetero) is 1. The molecule has 0 saturated carbocycles. The quantitative estimate of drug-likeness (QED) is 0.324. The predicted molar refractivity (Wildman–Crippen MR) is 59.0 cm³/mol. The Hall–Kier alpha value is -1.65. The molecule has 0 heterocycles. The Kier molecular flexibility index (Phi) is 12.0. The largest absolute Gasteiger partial charge is 0.481 e. The van der Waals surface area contributed by atoms with Crippen LogP contribution in [0.4, 0.5) is 0 Å². The third kappa shape index (κ3) is 18.2. The molecule has 0 unspecified atom stereocenters. The summed E-state index contributed by atoms with van der Waals surface area (Å²) in [4.78, 5) is 29.8. The number of unbranched alkanes of at least 4 members (excludes halogenated alkanes) is 1. The molecule has 0 radical (unpaired) electrons.